The summed E-state index contributed by atoms with van der Waals surface area (Å²) in [6, 6.07) is 6.91. The summed E-state index contributed by atoms with van der Waals surface area (Å²) < 4.78 is 24.4. The highest BCUT2D eigenvalue weighted by atomic mass is 79.9. The van der Waals surface area contributed by atoms with E-state index < -0.39 is 29.1 Å². The normalized spacial score (nSPS) is 15.5. The zero-order chi connectivity index (χ0) is 18.2. The van der Waals surface area contributed by atoms with Crippen LogP contribution in [0.3, 0.4) is 0 Å². The smallest absolute Gasteiger partial charge is 0.207 e. The van der Waals surface area contributed by atoms with Gasteiger partial charge in [-0.2, -0.15) is 0 Å². The van der Waals surface area contributed by atoms with Crippen molar-refractivity contribution in [2.45, 2.75) is 50.1 Å². The average Bonchev–Trinajstić information content (AvgIpc) is 2.51. The Morgan fingerprint density at radius 3 is 2.46 bits per heavy atom. The van der Waals surface area contributed by atoms with Crippen molar-refractivity contribution in [1.29, 1.82) is 0 Å². The number of carbonyl (C=O) groups excluding carboxylic acids is 1. The van der Waals surface area contributed by atoms with E-state index in [0.717, 1.165) is 4.47 Å². The molecule has 1 rings (SSSR count). The Kier molecular flexibility index (Phi) is 9.03. The maximum Gasteiger partial charge on any atom is 0.207 e. The molecule has 0 bridgehead atoms. The van der Waals surface area contributed by atoms with Gasteiger partial charge in [0.05, 0.1) is 16.6 Å². The van der Waals surface area contributed by atoms with E-state index in [0.29, 0.717) is 11.3 Å². The Morgan fingerprint density at radius 2 is 1.96 bits per heavy atom. The number of rotatable bonds is 10. The zero-order valence-electron chi connectivity index (χ0n) is 13.9. The number of hydrogen-bond donors (Lipinski definition) is 2. The Labute approximate surface area is 153 Å². The van der Waals surface area contributed by atoms with E-state index in [1.807, 2.05) is 20.8 Å². The van der Waals surface area contributed by atoms with Crippen LogP contribution in [0.25, 0.3) is 0 Å². The monoisotopic (exact) mass is 422 g/mol. The maximum absolute atomic E-state index is 12.3. The molecule has 0 saturated carbocycles. The number of halogens is 1. The van der Waals surface area contributed by atoms with E-state index in [1.54, 1.807) is 24.3 Å². The molecular formula is C15H23BrN2O5S. The molecule has 0 radical (unpaired) electrons. The van der Waals surface area contributed by atoms with Crippen LogP contribution in [0.5, 0.6) is 0 Å². The lowest BCUT2D eigenvalue weighted by atomic mass is 10.2. The van der Waals surface area contributed by atoms with Gasteiger partial charge < -0.3 is 10.1 Å². The van der Waals surface area contributed by atoms with Crippen molar-refractivity contribution < 1.29 is 22.8 Å². The summed E-state index contributed by atoms with van der Waals surface area (Å²) in [5.41, 5.74) is -0.475. The Morgan fingerprint density at radius 1 is 1.33 bits per heavy atom. The lowest BCUT2D eigenvalue weighted by Crippen LogP contribution is -2.38. The minimum absolute atomic E-state index is 0.152. The lowest BCUT2D eigenvalue weighted by molar-refractivity contribution is -0.207. The molecule has 136 valence electrons. The number of nitrogens with two attached hydrogens (primary N) is 1. The third kappa shape index (κ3) is 8.32. The third-order valence-corrected chi connectivity index (χ3v) is 4.38. The summed E-state index contributed by atoms with van der Waals surface area (Å²) in [4.78, 5) is 15.9. The second-order valence-electron chi connectivity index (χ2n) is 5.96. The van der Waals surface area contributed by atoms with E-state index in [9.17, 15) is 9.00 Å². The van der Waals surface area contributed by atoms with Gasteiger partial charge in [-0.1, -0.05) is 15.9 Å². The van der Waals surface area contributed by atoms with Crippen molar-refractivity contribution in [3.8, 4) is 0 Å². The van der Waals surface area contributed by atoms with Crippen LogP contribution in [-0.2, 0) is 29.6 Å². The number of nitrogens with one attached hydrogen (secondary N) is 1. The van der Waals surface area contributed by atoms with Crippen molar-refractivity contribution in [2.75, 3.05) is 6.54 Å². The molecule has 24 heavy (non-hydrogen) atoms. The topological polar surface area (TPSA) is 99.9 Å². The number of amides is 1. The molecule has 1 aromatic rings. The minimum atomic E-state index is -1.70. The van der Waals surface area contributed by atoms with Gasteiger partial charge in [0.15, 0.2) is 17.4 Å². The van der Waals surface area contributed by atoms with E-state index in [1.165, 1.54) is 0 Å². The van der Waals surface area contributed by atoms with Gasteiger partial charge in [-0.05, 0) is 45.0 Å². The number of ether oxygens (including phenoxy) is 1. The molecule has 1 aromatic carbocycles. The van der Waals surface area contributed by atoms with Gasteiger partial charge in [-0.25, -0.2) is 10.1 Å². The minimum Gasteiger partial charge on any atom is -0.356 e. The molecule has 7 nitrogen and oxygen atoms in total. The second kappa shape index (κ2) is 10.2. The number of benzene rings is 1. The van der Waals surface area contributed by atoms with Gasteiger partial charge in [0, 0.05) is 17.4 Å². The molecule has 0 aromatic heterocycles. The predicted molar refractivity (Wildman–Crippen MR) is 94.0 cm³/mol. The van der Waals surface area contributed by atoms with Gasteiger partial charge >= 0.3 is 0 Å². The highest BCUT2D eigenvalue weighted by molar-refractivity contribution is 9.10. The largest absolute Gasteiger partial charge is 0.356 e. The standard InChI is InChI=1S/C15H23BrN2O5S/c1-15(2,3)21-14(22-17)8-12(9-18-10-19)23-24(20)13-6-4-11(16)5-7-13/h4-7,10,12,14H,8-9,17H2,1-3H3,(H,18,19). The van der Waals surface area contributed by atoms with Crippen molar-refractivity contribution in [1.82, 2.24) is 5.32 Å². The first kappa shape index (κ1) is 21.2. The van der Waals surface area contributed by atoms with Crippen LogP contribution < -0.4 is 11.2 Å². The van der Waals surface area contributed by atoms with Crippen LogP contribution in [0, 0.1) is 0 Å². The first-order chi connectivity index (χ1) is 11.2. The van der Waals surface area contributed by atoms with Crippen molar-refractivity contribution >= 4 is 33.4 Å². The van der Waals surface area contributed by atoms with Gasteiger partial charge in [0.1, 0.15) is 0 Å². The summed E-state index contributed by atoms with van der Waals surface area (Å²) in [7, 11) is 0. The van der Waals surface area contributed by atoms with E-state index >= 15 is 0 Å². The average molecular weight is 423 g/mol. The molecule has 3 unspecified atom stereocenters. The van der Waals surface area contributed by atoms with Crippen molar-refractivity contribution in [3.63, 3.8) is 0 Å². The molecule has 9 heteroatoms. The Bertz CT molecular complexity index is 536. The van der Waals surface area contributed by atoms with Gasteiger partial charge in [0.25, 0.3) is 0 Å². The van der Waals surface area contributed by atoms with E-state index in [2.05, 4.69) is 21.2 Å². The molecule has 1 amide bonds. The van der Waals surface area contributed by atoms with Crippen LogP contribution >= 0.6 is 15.9 Å². The summed E-state index contributed by atoms with van der Waals surface area (Å²) in [6.07, 6.45) is -0.612. The first-order valence-electron chi connectivity index (χ1n) is 7.30. The number of carbonyl (C=O) groups is 1. The highest BCUT2D eigenvalue weighted by Gasteiger charge is 2.25. The summed E-state index contributed by atoms with van der Waals surface area (Å²) in [5, 5.41) is 2.51. The molecule has 3 atom stereocenters. The van der Waals surface area contributed by atoms with Crippen LogP contribution in [0.4, 0.5) is 0 Å². The molecule has 0 aliphatic rings. The third-order valence-electron chi connectivity index (χ3n) is 2.75. The Hall–Kier alpha value is -0.840. The molecule has 0 aliphatic carbocycles. The van der Waals surface area contributed by atoms with Gasteiger partial charge in [-0.3, -0.25) is 13.8 Å². The maximum atomic E-state index is 12.3. The summed E-state index contributed by atoms with van der Waals surface area (Å²) >= 11 is 1.62. The van der Waals surface area contributed by atoms with Gasteiger partial charge in [-0.15, -0.1) is 0 Å². The Balaban J connectivity index is 2.74. The molecule has 3 N–H and O–H groups in total. The molecule has 0 aliphatic heterocycles. The van der Waals surface area contributed by atoms with Crippen molar-refractivity contribution in [2.24, 2.45) is 5.90 Å². The molecule has 0 fully saturated rings. The van der Waals surface area contributed by atoms with E-state index in [4.69, 9.17) is 19.7 Å². The number of hydrogen-bond acceptors (Lipinski definition) is 6. The molecular weight excluding hydrogens is 400 g/mol. The van der Waals surface area contributed by atoms with Crippen LogP contribution in [0.2, 0.25) is 0 Å². The lowest BCUT2D eigenvalue weighted by Gasteiger charge is -2.28. The summed E-state index contributed by atoms with van der Waals surface area (Å²) in [5.74, 6) is 5.26. The van der Waals surface area contributed by atoms with Crippen molar-refractivity contribution in [3.05, 3.63) is 28.7 Å². The molecule has 0 heterocycles. The zero-order valence-corrected chi connectivity index (χ0v) is 16.3. The fourth-order valence-electron chi connectivity index (χ4n) is 1.80. The van der Waals surface area contributed by atoms with Crippen LogP contribution in [0.15, 0.2) is 33.6 Å². The van der Waals surface area contributed by atoms with Crippen LogP contribution in [0.1, 0.15) is 27.2 Å². The fraction of sp³-hybridized carbons (Fsp3) is 0.533. The van der Waals surface area contributed by atoms with Crippen LogP contribution in [-0.4, -0.2) is 35.2 Å². The summed E-state index contributed by atoms with van der Waals surface area (Å²) in [6.45, 7) is 5.73. The molecule has 0 saturated heterocycles. The second-order valence-corrected chi connectivity index (χ2v) is 8.01. The molecule has 0 spiro atoms. The first-order valence-corrected chi connectivity index (χ1v) is 9.17. The van der Waals surface area contributed by atoms with Gasteiger partial charge in [0.2, 0.25) is 6.41 Å². The van der Waals surface area contributed by atoms with E-state index in [-0.39, 0.29) is 13.0 Å². The predicted octanol–water partition coefficient (Wildman–Crippen LogP) is 2.02. The highest BCUT2D eigenvalue weighted by Crippen LogP contribution is 2.19. The SMILES string of the molecule is CC(C)(C)OC(CC(CNC=O)OS(=O)c1ccc(Br)cc1)ON. The fourth-order valence-corrected chi connectivity index (χ4v) is 2.93. The quantitative estimate of drug-likeness (QED) is 0.339.